The summed E-state index contributed by atoms with van der Waals surface area (Å²) in [5.41, 5.74) is 0.786. The number of carboxylic acids is 1. The molecule has 0 saturated heterocycles. The summed E-state index contributed by atoms with van der Waals surface area (Å²) in [5.74, 6) is -0.167. The molecule has 0 saturated carbocycles. The molecule has 0 atom stereocenters. The molecule has 0 heterocycles. The first kappa shape index (κ1) is 15.8. The quantitative estimate of drug-likeness (QED) is 0.372. The molecule has 0 radical (unpaired) electrons. The molecule has 1 N–H and O–H groups in total. The molecule has 0 fully saturated rings. The molecule has 20 heavy (non-hydrogen) atoms. The van der Waals surface area contributed by atoms with E-state index in [0.717, 1.165) is 11.3 Å². The molecule has 102 valence electrons. The summed E-state index contributed by atoms with van der Waals surface area (Å²) in [6.07, 6.45) is 8.21. The van der Waals surface area contributed by atoms with Gasteiger partial charge in [-0.3, -0.25) is 0 Å². The minimum Gasteiger partial charge on any atom is -0.477 e. The molecule has 0 aliphatic rings. The highest BCUT2D eigenvalue weighted by Gasteiger charge is 2.01. The molecule has 0 unspecified atom stereocenters. The predicted octanol–water partition coefficient (Wildman–Crippen LogP) is 3.90. The fourth-order valence-electron chi connectivity index (χ4n) is 1.38. The van der Waals surface area contributed by atoms with E-state index in [0.29, 0.717) is 0 Å². The number of carbonyl (C=O) groups is 1. The Morgan fingerprint density at radius 3 is 2.55 bits per heavy atom. The van der Waals surface area contributed by atoms with Gasteiger partial charge in [-0.25, -0.2) is 4.79 Å². The van der Waals surface area contributed by atoms with Crippen molar-refractivity contribution in [3.8, 4) is 6.07 Å². The topological polar surface area (TPSA) is 61.1 Å². The predicted molar refractivity (Wildman–Crippen MR) is 82.3 cm³/mol. The lowest BCUT2D eigenvalue weighted by Crippen LogP contribution is -1.96. The summed E-state index contributed by atoms with van der Waals surface area (Å²) in [6.45, 7) is 2.11. The second kappa shape index (κ2) is 8.78. The number of hydrogen-bond donors (Lipinski definition) is 1. The van der Waals surface area contributed by atoms with E-state index in [-0.39, 0.29) is 5.57 Å². The Morgan fingerprint density at radius 2 is 2.00 bits per heavy atom. The van der Waals surface area contributed by atoms with E-state index in [9.17, 15) is 4.79 Å². The van der Waals surface area contributed by atoms with Gasteiger partial charge in [-0.05, 0) is 29.5 Å². The molecule has 0 bridgehead atoms. The van der Waals surface area contributed by atoms with E-state index in [1.807, 2.05) is 18.2 Å². The number of benzene rings is 1. The number of carboxylic acid groups (broad SMARTS) is 1. The van der Waals surface area contributed by atoms with Crippen LogP contribution in [0.15, 0.2) is 59.0 Å². The summed E-state index contributed by atoms with van der Waals surface area (Å²) in [6, 6.07) is 9.79. The first-order chi connectivity index (χ1) is 9.67. The van der Waals surface area contributed by atoms with Gasteiger partial charge in [-0.1, -0.05) is 43.4 Å². The van der Waals surface area contributed by atoms with Crippen molar-refractivity contribution < 1.29 is 9.90 Å². The van der Waals surface area contributed by atoms with Gasteiger partial charge in [-0.15, -0.1) is 11.8 Å². The van der Waals surface area contributed by atoms with Gasteiger partial charge in [0.05, 0.1) is 0 Å². The normalized spacial score (nSPS) is 11.9. The minimum atomic E-state index is -1.22. The fourth-order valence-corrected chi connectivity index (χ4v) is 2.04. The third-order valence-electron chi connectivity index (χ3n) is 2.32. The van der Waals surface area contributed by atoms with Crippen molar-refractivity contribution in [1.29, 1.82) is 5.26 Å². The molecular formula is C16H15NO2S. The Kier molecular flexibility index (Phi) is 6.94. The smallest absolute Gasteiger partial charge is 0.346 e. The highest BCUT2D eigenvalue weighted by atomic mass is 32.2. The number of rotatable bonds is 6. The summed E-state index contributed by atoms with van der Waals surface area (Å²) in [4.78, 5) is 11.8. The van der Waals surface area contributed by atoms with Crippen LogP contribution < -0.4 is 0 Å². The van der Waals surface area contributed by atoms with Crippen LogP contribution >= 0.6 is 11.8 Å². The Bertz CT molecular complexity index is 577. The van der Waals surface area contributed by atoms with Crippen LogP contribution in [0, 0.1) is 11.3 Å². The second-order valence-electron chi connectivity index (χ2n) is 3.74. The lowest BCUT2D eigenvalue weighted by Gasteiger charge is -1.98. The maximum Gasteiger partial charge on any atom is 0.346 e. The van der Waals surface area contributed by atoms with Crippen LogP contribution in [0.5, 0.6) is 0 Å². The molecule has 0 aromatic heterocycles. The van der Waals surface area contributed by atoms with Crippen molar-refractivity contribution in [3.63, 3.8) is 0 Å². The van der Waals surface area contributed by atoms with Gasteiger partial charge >= 0.3 is 5.97 Å². The number of nitriles is 1. The number of aliphatic carboxylic acids is 1. The standard InChI is InChI=1S/C16H15NO2S/c1-2-20-15-10-8-13(9-11-15)6-4-3-5-7-14(12-17)16(18)19/h3-11H,2H2,1H3,(H,18,19). The van der Waals surface area contributed by atoms with Gasteiger partial charge < -0.3 is 5.11 Å². The molecule has 1 rings (SSSR count). The van der Waals surface area contributed by atoms with Crippen molar-refractivity contribution in [1.82, 2.24) is 0 Å². The van der Waals surface area contributed by atoms with Crippen molar-refractivity contribution in [2.45, 2.75) is 11.8 Å². The van der Waals surface area contributed by atoms with E-state index in [1.54, 1.807) is 30.0 Å². The average Bonchev–Trinajstić information content (AvgIpc) is 2.44. The monoisotopic (exact) mass is 285 g/mol. The molecule has 0 aliphatic carbocycles. The largest absolute Gasteiger partial charge is 0.477 e. The third-order valence-corrected chi connectivity index (χ3v) is 3.21. The molecule has 3 nitrogen and oxygen atoms in total. The van der Waals surface area contributed by atoms with Crippen LogP contribution in [-0.4, -0.2) is 16.8 Å². The van der Waals surface area contributed by atoms with E-state index in [2.05, 4.69) is 19.1 Å². The lowest BCUT2D eigenvalue weighted by atomic mass is 10.2. The van der Waals surface area contributed by atoms with E-state index >= 15 is 0 Å². The SMILES string of the molecule is CCSc1ccc(C=CC=CC=C(C#N)C(=O)O)cc1. The maximum atomic E-state index is 10.6. The van der Waals surface area contributed by atoms with Gasteiger partial charge in [0, 0.05) is 4.90 Å². The van der Waals surface area contributed by atoms with Gasteiger partial charge in [0.2, 0.25) is 0 Å². The van der Waals surface area contributed by atoms with Crippen LogP contribution in [0.3, 0.4) is 0 Å². The van der Waals surface area contributed by atoms with E-state index < -0.39 is 5.97 Å². The number of allylic oxidation sites excluding steroid dienone is 4. The lowest BCUT2D eigenvalue weighted by molar-refractivity contribution is -0.132. The van der Waals surface area contributed by atoms with E-state index in [4.69, 9.17) is 10.4 Å². The minimum absolute atomic E-state index is 0.282. The van der Waals surface area contributed by atoms with Crippen molar-refractivity contribution in [2.24, 2.45) is 0 Å². The zero-order chi connectivity index (χ0) is 14.8. The number of hydrogen-bond acceptors (Lipinski definition) is 3. The van der Waals surface area contributed by atoms with Crippen LogP contribution in [0.2, 0.25) is 0 Å². The van der Waals surface area contributed by atoms with Gasteiger partial charge in [0.15, 0.2) is 0 Å². The van der Waals surface area contributed by atoms with Crippen LogP contribution in [0.4, 0.5) is 0 Å². The molecule has 0 aliphatic heterocycles. The Balaban J connectivity index is 2.61. The van der Waals surface area contributed by atoms with Crippen molar-refractivity contribution in [2.75, 3.05) is 5.75 Å². The second-order valence-corrected chi connectivity index (χ2v) is 5.08. The molecule has 0 spiro atoms. The fraction of sp³-hybridized carbons (Fsp3) is 0.125. The molecular weight excluding hydrogens is 270 g/mol. The summed E-state index contributed by atoms with van der Waals surface area (Å²) < 4.78 is 0. The molecule has 0 amide bonds. The highest BCUT2D eigenvalue weighted by molar-refractivity contribution is 7.99. The highest BCUT2D eigenvalue weighted by Crippen LogP contribution is 2.18. The average molecular weight is 285 g/mol. The number of nitrogens with zero attached hydrogens (tertiary/aromatic N) is 1. The zero-order valence-electron chi connectivity index (χ0n) is 11.1. The van der Waals surface area contributed by atoms with Crippen LogP contribution in [-0.2, 0) is 4.79 Å². The molecule has 4 heteroatoms. The first-order valence-corrected chi connectivity index (χ1v) is 7.07. The van der Waals surface area contributed by atoms with Crippen molar-refractivity contribution >= 4 is 23.8 Å². The Morgan fingerprint density at radius 1 is 1.30 bits per heavy atom. The Hall–Kier alpha value is -2.25. The number of thioether (sulfide) groups is 1. The summed E-state index contributed by atoms with van der Waals surface area (Å²) >= 11 is 1.79. The van der Waals surface area contributed by atoms with E-state index in [1.165, 1.54) is 17.0 Å². The van der Waals surface area contributed by atoms with Crippen molar-refractivity contribution in [3.05, 3.63) is 59.7 Å². The first-order valence-electron chi connectivity index (χ1n) is 6.08. The summed E-state index contributed by atoms with van der Waals surface area (Å²) in [5, 5.41) is 17.2. The van der Waals surface area contributed by atoms with Gasteiger partial charge in [0.25, 0.3) is 0 Å². The Labute approximate surface area is 122 Å². The zero-order valence-corrected chi connectivity index (χ0v) is 11.9. The summed E-state index contributed by atoms with van der Waals surface area (Å²) in [7, 11) is 0. The van der Waals surface area contributed by atoms with Crippen LogP contribution in [0.1, 0.15) is 12.5 Å². The maximum absolute atomic E-state index is 10.6. The molecule has 1 aromatic rings. The molecule has 1 aromatic carbocycles. The van der Waals surface area contributed by atoms with Crippen LogP contribution in [0.25, 0.3) is 6.08 Å². The third kappa shape index (κ3) is 5.59. The van der Waals surface area contributed by atoms with Gasteiger partial charge in [0.1, 0.15) is 11.6 Å². The van der Waals surface area contributed by atoms with Gasteiger partial charge in [-0.2, -0.15) is 5.26 Å².